The van der Waals surface area contributed by atoms with Crippen LogP contribution < -0.4 is 10.1 Å². The summed E-state index contributed by atoms with van der Waals surface area (Å²) in [4.78, 5) is 4.51. The van der Waals surface area contributed by atoms with Gasteiger partial charge in [0.15, 0.2) is 0 Å². The number of amidine groups is 1. The van der Waals surface area contributed by atoms with Gasteiger partial charge in [-0.05, 0) is 36.2 Å². The SMILES string of the molecule is Brc1ccc(COc2cccc(C3=NCCCN3)c2)cc1. The average molecular weight is 345 g/mol. The van der Waals surface area contributed by atoms with E-state index in [4.69, 9.17) is 4.74 Å². The monoisotopic (exact) mass is 344 g/mol. The van der Waals surface area contributed by atoms with Gasteiger partial charge in [0, 0.05) is 23.1 Å². The van der Waals surface area contributed by atoms with Crippen LogP contribution >= 0.6 is 15.9 Å². The van der Waals surface area contributed by atoms with E-state index in [1.54, 1.807) is 0 Å². The first-order valence-electron chi connectivity index (χ1n) is 7.07. The van der Waals surface area contributed by atoms with Crippen molar-refractivity contribution in [1.82, 2.24) is 5.32 Å². The van der Waals surface area contributed by atoms with Crippen LogP contribution in [-0.2, 0) is 6.61 Å². The lowest BCUT2D eigenvalue weighted by atomic mass is 10.1. The molecule has 2 aromatic rings. The van der Waals surface area contributed by atoms with Gasteiger partial charge < -0.3 is 10.1 Å². The molecular formula is C17H17BrN2O. The Hall–Kier alpha value is -1.81. The topological polar surface area (TPSA) is 33.6 Å². The molecule has 21 heavy (non-hydrogen) atoms. The summed E-state index contributed by atoms with van der Waals surface area (Å²) in [7, 11) is 0. The van der Waals surface area contributed by atoms with E-state index in [9.17, 15) is 0 Å². The number of ether oxygens (including phenoxy) is 1. The number of hydrogen-bond acceptors (Lipinski definition) is 3. The molecule has 0 atom stereocenters. The average Bonchev–Trinajstić information content (AvgIpc) is 2.55. The van der Waals surface area contributed by atoms with Gasteiger partial charge >= 0.3 is 0 Å². The standard InChI is InChI=1S/C17H17BrN2O/c18-15-7-5-13(6-8-15)12-21-16-4-1-3-14(11-16)17-19-9-2-10-20-17/h1,3-8,11H,2,9-10,12H2,(H,19,20). The van der Waals surface area contributed by atoms with Gasteiger partial charge in [-0.1, -0.05) is 40.2 Å². The summed E-state index contributed by atoms with van der Waals surface area (Å²) in [5.41, 5.74) is 2.24. The minimum Gasteiger partial charge on any atom is -0.489 e. The zero-order valence-corrected chi connectivity index (χ0v) is 13.3. The minimum absolute atomic E-state index is 0.566. The predicted octanol–water partition coefficient (Wildman–Crippen LogP) is 3.77. The second kappa shape index (κ2) is 6.76. The molecule has 1 heterocycles. The Kier molecular flexibility index (Phi) is 4.55. The quantitative estimate of drug-likeness (QED) is 0.915. The number of nitrogens with zero attached hydrogens (tertiary/aromatic N) is 1. The van der Waals surface area contributed by atoms with Crippen LogP contribution in [0.15, 0.2) is 58.0 Å². The molecule has 1 aliphatic heterocycles. The summed E-state index contributed by atoms with van der Waals surface area (Å²) in [6.07, 6.45) is 1.10. The summed E-state index contributed by atoms with van der Waals surface area (Å²) in [5, 5.41) is 3.33. The maximum Gasteiger partial charge on any atom is 0.128 e. The van der Waals surface area contributed by atoms with E-state index in [0.717, 1.165) is 46.7 Å². The zero-order valence-electron chi connectivity index (χ0n) is 11.7. The van der Waals surface area contributed by atoms with Crippen LogP contribution in [0.5, 0.6) is 5.75 Å². The molecule has 0 saturated heterocycles. The van der Waals surface area contributed by atoms with E-state index < -0.39 is 0 Å². The predicted molar refractivity (Wildman–Crippen MR) is 88.9 cm³/mol. The Morgan fingerprint density at radius 1 is 1.14 bits per heavy atom. The van der Waals surface area contributed by atoms with Gasteiger partial charge in [0.05, 0.1) is 0 Å². The first-order chi connectivity index (χ1) is 10.3. The minimum atomic E-state index is 0.566. The molecule has 0 unspecified atom stereocenters. The Bertz CT molecular complexity index is 637. The van der Waals surface area contributed by atoms with Gasteiger partial charge in [0.1, 0.15) is 18.2 Å². The van der Waals surface area contributed by atoms with Crippen LogP contribution in [-0.4, -0.2) is 18.9 Å². The lowest BCUT2D eigenvalue weighted by molar-refractivity contribution is 0.306. The highest BCUT2D eigenvalue weighted by Gasteiger charge is 2.07. The first kappa shape index (κ1) is 14.1. The molecule has 0 aromatic heterocycles. The lowest BCUT2D eigenvalue weighted by Crippen LogP contribution is -2.30. The smallest absolute Gasteiger partial charge is 0.128 e. The number of rotatable bonds is 4. The van der Waals surface area contributed by atoms with Gasteiger partial charge in [-0.3, -0.25) is 4.99 Å². The van der Waals surface area contributed by atoms with Crippen molar-refractivity contribution in [1.29, 1.82) is 0 Å². The summed E-state index contributed by atoms with van der Waals surface area (Å²) >= 11 is 3.43. The van der Waals surface area contributed by atoms with Crippen LogP contribution in [0.2, 0.25) is 0 Å². The fourth-order valence-corrected chi connectivity index (χ4v) is 2.47. The molecule has 0 bridgehead atoms. The molecular weight excluding hydrogens is 328 g/mol. The Morgan fingerprint density at radius 2 is 2.00 bits per heavy atom. The number of halogens is 1. The summed E-state index contributed by atoms with van der Waals surface area (Å²) in [6.45, 7) is 2.45. The number of benzene rings is 2. The normalized spacial score (nSPS) is 14.2. The van der Waals surface area contributed by atoms with E-state index in [0.29, 0.717) is 6.61 Å². The highest BCUT2D eigenvalue weighted by Crippen LogP contribution is 2.17. The van der Waals surface area contributed by atoms with Crippen molar-refractivity contribution in [3.63, 3.8) is 0 Å². The van der Waals surface area contributed by atoms with Crippen molar-refractivity contribution < 1.29 is 4.74 Å². The zero-order chi connectivity index (χ0) is 14.5. The van der Waals surface area contributed by atoms with Gasteiger partial charge in [-0.15, -0.1) is 0 Å². The van der Waals surface area contributed by atoms with Crippen LogP contribution in [0.4, 0.5) is 0 Å². The molecule has 0 radical (unpaired) electrons. The fourth-order valence-electron chi connectivity index (χ4n) is 2.21. The molecule has 1 N–H and O–H groups in total. The molecule has 0 aliphatic carbocycles. The van der Waals surface area contributed by atoms with Crippen molar-refractivity contribution in [3.05, 3.63) is 64.1 Å². The van der Waals surface area contributed by atoms with E-state index in [-0.39, 0.29) is 0 Å². The summed E-state index contributed by atoms with van der Waals surface area (Å²) in [6, 6.07) is 16.2. The number of hydrogen-bond donors (Lipinski definition) is 1. The van der Waals surface area contributed by atoms with E-state index >= 15 is 0 Å². The molecule has 0 saturated carbocycles. The lowest BCUT2D eigenvalue weighted by Gasteiger charge is -2.15. The molecule has 0 amide bonds. The second-order valence-corrected chi connectivity index (χ2v) is 5.87. The Balaban J connectivity index is 1.68. The first-order valence-corrected chi connectivity index (χ1v) is 7.86. The number of aliphatic imine (C=N–C) groups is 1. The van der Waals surface area contributed by atoms with Crippen LogP contribution in [0.3, 0.4) is 0 Å². The highest BCUT2D eigenvalue weighted by atomic mass is 79.9. The molecule has 0 fully saturated rings. The van der Waals surface area contributed by atoms with Crippen LogP contribution in [0.25, 0.3) is 0 Å². The van der Waals surface area contributed by atoms with Gasteiger partial charge in [-0.25, -0.2) is 0 Å². The van der Waals surface area contributed by atoms with Crippen LogP contribution in [0.1, 0.15) is 17.5 Å². The third-order valence-corrected chi connectivity index (χ3v) is 3.85. The molecule has 0 spiro atoms. The van der Waals surface area contributed by atoms with Gasteiger partial charge in [0.25, 0.3) is 0 Å². The van der Waals surface area contributed by atoms with Crippen molar-refractivity contribution in [2.45, 2.75) is 13.0 Å². The van der Waals surface area contributed by atoms with Crippen molar-refractivity contribution in [3.8, 4) is 5.75 Å². The molecule has 108 valence electrons. The molecule has 1 aliphatic rings. The fraction of sp³-hybridized carbons (Fsp3) is 0.235. The molecule has 3 nitrogen and oxygen atoms in total. The molecule has 4 heteroatoms. The van der Waals surface area contributed by atoms with E-state index in [1.807, 2.05) is 30.3 Å². The van der Waals surface area contributed by atoms with Crippen molar-refractivity contribution >= 4 is 21.8 Å². The highest BCUT2D eigenvalue weighted by molar-refractivity contribution is 9.10. The number of nitrogens with one attached hydrogen (secondary N) is 1. The maximum absolute atomic E-state index is 5.87. The third kappa shape index (κ3) is 3.85. The maximum atomic E-state index is 5.87. The second-order valence-electron chi connectivity index (χ2n) is 4.95. The van der Waals surface area contributed by atoms with E-state index in [1.165, 1.54) is 0 Å². The van der Waals surface area contributed by atoms with Gasteiger partial charge in [0.2, 0.25) is 0 Å². The summed E-state index contributed by atoms with van der Waals surface area (Å²) < 4.78 is 6.94. The molecule has 2 aromatic carbocycles. The van der Waals surface area contributed by atoms with Crippen molar-refractivity contribution in [2.24, 2.45) is 4.99 Å². The van der Waals surface area contributed by atoms with E-state index in [2.05, 4.69) is 44.4 Å². The molecule has 3 rings (SSSR count). The Labute approximate surface area is 133 Å². The van der Waals surface area contributed by atoms with Crippen molar-refractivity contribution in [2.75, 3.05) is 13.1 Å². The largest absolute Gasteiger partial charge is 0.489 e. The Morgan fingerprint density at radius 3 is 2.76 bits per heavy atom. The van der Waals surface area contributed by atoms with Crippen LogP contribution in [0, 0.1) is 0 Å². The summed E-state index contributed by atoms with van der Waals surface area (Å²) in [5.74, 6) is 1.83. The van der Waals surface area contributed by atoms with Gasteiger partial charge in [-0.2, -0.15) is 0 Å². The third-order valence-electron chi connectivity index (χ3n) is 3.32.